The fraction of sp³-hybridized carbons (Fsp3) is 0.0455. The summed E-state index contributed by atoms with van der Waals surface area (Å²) in [5.74, 6) is 1.24. The monoisotopic (exact) mass is 474 g/mol. The molecule has 0 spiro atoms. The maximum atomic E-state index is 7.38. The highest BCUT2D eigenvalue weighted by atomic mass is 15.6. The third-order valence-corrected chi connectivity index (χ3v) is 5.23. The van der Waals surface area contributed by atoms with Gasteiger partial charge in [-0.3, -0.25) is 0 Å². The molecule has 6 rings (SSSR count). The summed E-state index contributed by atoms with van der Waals surface area (Å²) >= 11 is 0. The minimum atomic E-state index is 0.119. The maximum absolute atomic E-state index is 7.38. The Hall–Kier alpha value is -5.71. The zero-order chi connectivity index (χ0) is 24.5. The second-order valence-corrected chi connectivity index (χ2v) is 7.45. The van der Waals surface area contributed by atoms with Crippen LogP contribution in [0.4, 0.5) is 11.6 Å². The average Bonchev–Trinajstić information content (AvgIpc) is 3.57. The highest BCUT2D eigenvalue weighted by Gasteiger charge is 2.22. The van der Waals surface area contributed by atoms with Crippen molar-refractivity contribution in [3.8, 4) is 34.2 Å². The van der Waals surface area contributed by atoms with E-state index in [4.69, 9.17) is 17.3 Å². The summed E-state index contributed by atoms with van der Waals surface area (Å²) in [4.78, 5) is 29.7. The van der Waals surface area contributed by atoms with E-state index in [9.17, 15) is 0 Å². The molecule has 5 heterocycles. The van der Waals surface area contributed by atoms with Crippen molar-refractivity contribution in [2.45, 2.75) is 6.54 Å². The molecular formula is C22H14N14. The van der Waals surface area contributed by atoms with Crippen molar-refractivity contribution in [1.82, 2.24) is 59.7 Å². The van der Waals surface area contributed by atoms with Crippen molar-refractivity contribution >= 4 is 17.3 Å². The van der Waals surface area contributed by atoms with E-state index in [1.165, 1.54) is 15.5 Å². The van der Waals surface area contributed by atoms with Gasteiger partial charge in [0.25, 0.3) is 0 Å². The smallest absolute Gasteiger partial charge is 0.223 e. The lowest BCUT2D eigenvalue weighted by atomic mass is 10.0. The normalized spacial score (nSPS) is 11.0. The number of nitrogen functional groups attached to an aromatic ring is 1. The Morgan fingerprint density at radius 3 is 2.69 bits per heavy atom. The highest BCUT2D eigenvalue weighted by molar-refractivity contribution is 5.89. The quantitative estimate of drug-likeness (QED) is 0.362. The summed E-state index contributed by atoms with van der Waals surface area (Å²) in [6, 6.07) is 10.5. The molecule has 5 aromatic heterocycles. The third-order valence-electron chi connectivity index (χ3n) is 5.23. The topological polar surface area (TPSA) is 169 Å². The van der Waals surface area contributed by atoms with E-state index in [0.717, 1.165) is 0 Å². The molecule has 0 aliphatic heterocycles. The first-order valence-electron chi connectivity index (χ1n) is 10.5. The van der Waals surface area contributed by atoms with E-state index in [-0.39, 0.29) is 12.5 Å². The molecule has 0 atom stereocenters. The van der Waals surface area contributed by atoms with Gasteiger partial charge in [-0.25, -0.2) is 39.4 Å². The number of benzene rings is 1. The molecule has 0 unspecified atom stereocenters. The fourth-order valence-electron chi connectivity index (χ4n) is 3.69. The minimum absolute atomic E-state index is 0.119. The molecule has 14 heteroatoms. The first kappa shape index (κ1) is 20.9. The molecule has 0 saturated heterocycles. The van der Waals surface area contributed by atoms with Crippen molar-refractivity contribution in [2.24, 2.45) is 0 Å². The van der Waals surface area contributed by atoms with Crippen LogP contribution in [0.25, 0.3) is 44.7 Å². The van der Waals surface area contributed by atoms with Crippen molar-refractivity contribution in [3.05, 3.63) is 78.6 Å². The number of anilines is 1. The zero-order valence-electron chi connectivity index (χ0n) is 18.4. The lowest BCUT2D eigenvalue weighted by Crippen LogP contribution is -2.08. The van der Waals surface area contributed by atoms with Crippen LogP contribution >= 0.6 is 0 Å². The summed E-state index contributed by atoms with van der Waals surface area (Å²) in [7, 11) is 0. The average molecular weight is 474 g/mol. The summed E-state index contributed by atoms with van der Waals surface area (Å²) in [5, 5.41) is 16.4. The molecular weight excluding hydrogens is 460 g/mol. The second-order valence-electron chi connectivity index (χ2n) is 7.45. The molecule has 14 nitrogen and oxygen atoms in total. The summed E-state index contributed by atoms with van der Waals surface area (Å²) in [6.07, 6.45) is 6.27. The van der Waals surface area contributed by atoms with Gasteiger partial charge in [0, 0.05) is 18.6 Å². The van der Waals surface area contributed by atoms with E-state index >= 15 is 0 Å². The van der Waals surface area contributed by atoms with E-state index in [1.807, 2.05) is 6.07 Å². The van der Waals surface area contributed by atoms with Gasteiger partial charge in [0.1, 0.15) is 12.9 Å². The molecule has 1 aromatic carbocycles. The largest absolute Gasteiger partial charge is 0.368 e. The van der Waals surface area contributed by atoms with Crippen LogP contribution in [0.1, 0.15) is 5.82 Å². The van der Waals surface area contributed by atoms with Crippen molar-refractivity contribution in [1.29, 1.82) is 0 Å². The lowest BCUT2D eigenvalue weighted by molar-refractivity contribution is 0.626. The molecule has 6 aromatic rings. The van der Waals surface area contributed by atoms with Gasteiger partial charge in [-0.05, 0) is 34.2 Å². The number of nitrogens with zero attached hydrogens (tertiary/aromatic N) is 13. The van der Waals surface area contributed by atoms with Crippen LogP contribution in [-0.4, -0.2) is 59.7 Å². The fourth-order valence-corrected chi connectivity index (χ4v) is 3.69. The Kier molecular flexibility index (Phi) is 4.97. The Morgan fingerprint density at radius 2 is 1.89 bits per heavy atom. The standard InChI is InChI=1S/C22H14N14/c1-24-14-5-2-4-13(10-14)18-17(15-6-9-25-12-28-15)20-29-16(32-36(20)22(23)30-18)11-35-21(31-33-34-35)19-26-7-3-8-27-19/h2-10,12H,11H2,(H2,23,30). The molecule has 0 bridgehead atoms. The van der Waals surface area contributed by atoms with Gasteiger partial charge in [-0.2, -0.15) is 4.52 Å². The molecule has 0 fully saturated rings. The molecule has 0 saturated carbocycles. The Balaban J connectivity index is 1.52. The number of aromatic nitrogens is 12. The lowest BCUT2D eigenvalue weighted by Gasteiger charge is -2.11. The van der Waals surface area contributed by atoms with Crippen LogP contribution in [0.5, 0.6) is 0 Å². The number of tetrazole rings is 1. The van der Waals surface area contributed by atoms with Gasteiger partial charge in [-0.1, -0.05) is 18.2 Å². The van der Waals surface area contributed by atoms with Crippen LogP contribution in [0.3, 0.4) is 0 Å². The minimum Gasteiger partial charge on any atom is -0.368 e. The number of hydrogen-bond acceptors (Lipinski definition) is 11. The Bertz CT molecular complexity index is 1730. The molecule has 0 amide bonds. The van der Waals surface area contributed by atoms with Gasteiger partial charge >= 0.3 is 0 Å². The van der Waals surface area contributed by atoms with Crippen molar-refractivity contribution in [2.75, 3.05) is 5.73 Å². The number of nitrogens with two attached hydrogens (primary N) is 1. The van der Waals surface area contributed by atoms with Gasteiger partial charge in [-0.15, -0.1) is 10.2 Å². The first-order chi connectivity index (χ1) is 17.7. The van der Waals surface area contributed by atoms with E-state index in [2.05, 4.69) is 50.4 Å². The third kappa shape index (κ3) is 3.62. The predicted molar refractivity (Wildman–Crippen MR) is 126 cm³/mol. The first-order valence-corrected chi connectivity index (χ1v) is 10.5. The molecule has 0 radical (unpaired) electrons. The van der Waals surface area contributed by atoms with Crippen LogP contribution in [0.15, 0.2) is 61.3 Å². The number of hydrogen-bond donors (Lipinski definition) is 1. The van der Waals surface area contributed by atoms with Gasteiger partial charge < -0.3 is 5.73 Å². The summed E-state index contributed by atoms with van der Waals surface area (Å²) < 4.78 is 2.94. The van der Waals surface area contributed by atoms with Gasteiger partial charge in [0.15, 0.2) is 23.0 Å². The molecule has 36 heavy (non-hydrogen) atoms. The predicted octanol–water partition coefficient (Wildman–Crippen LogP) is 1.87. The number of fused-ring (bicyclic) bond motifs is 1. The Morgan fingerprint density at radius 1 is 1.00 bits per heavy atom. The summed E-state index contributed by atoms with van der Waals surface area (Å²) in [6.45, 7) is 7.51. The molecule has 0 aliphatic carbocycles. The van der Waals surface area contributed by atoms with Crippen LogP contribution < -0.4 is 5.73 Å². The molecule has 2 N–H and O–H groups in total. The van der Waals surface area contributed by atoms with Crippen LogP contribution in [0.2, 0.25) is 0 Å². The zero-order valence-corrected chi connectivity index (χ0v) is 18.4. The highest BCUT2D eigenvalue weighted by Crippen LogP contribution is 2.35. The van der Waals surface area contributed by atoms with Crippen LogP contribution in [0, 0.1) is 6.57 Å². The van der Waals surface area contributed by atoms with Crippen LogP contribution in [-0.2, 0) is 6.54 Å². The number of rotatable bonds is 5. The molecule has 172 valence electrons. The molecule has 0 aliphatic rings. The maximum Gasteiger partial charge on any atom is 0.223 e. The van der Waals surface area contributed by atoms with Gasteiger partial charge in [0.2, 0.25) is 11.8 Å². The van der Waals surface area contributed by atoms with E-state index in [1.54, 1.807) is 48.9 Å². The Labute approximate surface area is 202 Å². The van der Waals surface area contributed by atoms with E-state index in [0.29, 0.717) is 51.3 Å². The van der Waals surface area contributed by atoms with Crippen molar-refractivity contribution in [3.63, 3.8) is 0 Å². The van der Waals surface area contributed by atoms with E-state index < -0.39 is 0 Å². The van der Waals surface area contributed by atoms with Crippen molar-refractivity contribution < 1.29 is 0 Å². The van der Waals surface area contributed by atoms with Gasteiger partial charge in [0.05, 0.1) is 23.5 Å². The second kappa shape index (κ2) is 8.57. The SMILES string of the molecule is [C-]#[N+]c1cccc(-c2nc(N)n3nc(Cn4nnnc4-c4ncccn4)nc3c2-c2ccncn2)c1. The summed E-state index contributed by atoms with van der Waals surface area (Å²) in [5.41, 5.74) is 9.59.